The van der Waals surface area contributed by atoms with E-state index >= 15 is 0 Å². The van der Waals surface area contributed by atoms with E-state index in [0.717, 1.165) is 80.4 Å². The summed E-state index contributed by atoms with van der Waals surface area (Å²) < 4.78 is 4.77. The van der Waals surface area contributed by atoms with Crippen LogP contribution < -0.4 is 9.80 Å². The molecule has 6 heteroatoms. The Balaban J connectivity index is 0.912. The summed E-state index contributed by atoms with van der Waals surface area (Å²) in [5.74, 6) is 0.459. The summed E-state index contributed by atoms with van der Waals surface area (Å²) in [6.45, 7) is 2.29. The summed E-state index contributed by atoms with van der Waals surface area (Å²) in [5.41, 5.74) is 18.4. The first-order chi connectivity index (χ1) is 34.0. The zero-order valence-electron chi connectivity index (χ0n) is 38.2. The summed E-state index contributed by atoms with van der Waals surface area (Å²) in [5, 5.41) is 23.0. The van der Waals surface area contributed by atoms with Crippen LogP contribution in [0.1, 0.15) is 36.6 Å². The average molecular weight is 887 g/mol. The number of aromatic nitrogens is 2. The number of rotatable bonds is 9. The van der Waals surface area contributed by atoms with Gasteiger partial charge in [0.05, 0.1) is 34.3 Å². The Morgan fingerprint density at radius 3 is 1.64 bits per heavy atom. The number of nitrogens with zero attached hydrogens (tertiary/aromatic N) is 6. The lowest BCUT2D eigenvalue weighted by atomic mass is 9.94. The molecule has 6 nitrogen and oxygen atoms in total. The molecule has 2 heterocycles. The van der Waals surface area contributed by atoms with Crippen LogP contribution in [0.5, 0.6) is 0 Å². The highest BCUT2D eigenvalue weighted by Crippen LogP contribution is 2.43. The van der Waals surface area contributed by atoms with Gasteiger partial charge in [-0.05, 0) is 164 Å². The lowest BCUT2D eigenvalue weighted by molar-refractivity contribution is 0.690. The number of benzene rings is 8. The van der Waals surface area contributed by atoms with Crippen molar-refractivity contribution in [3.63, 3.8) is 0 Å². The van der Waals surface area contributed by atoms with Gasteiger partial charge in [0.15, 0.2) is 0 Å². The molecule has 328 valence electrons. The van der Waals surface area contributed by atoms with Crippen LogP contribution in [-0.4, -0.2) is 9.13 Å². The van der Waals surface area contributed by atoms with Crippen molar-refractivity contribution in [2.45, 2.75) is 26.2 Å². The molecule has 0 saturated carbocycles. The summed E-state index contributed by atoms with van der Waals surface area (Å²) in [7, 11) is 0. The van der Waals surface area contributed by atoms with Crippen LogP contribution in [-0.2, 0) is 6.42 Å². The molecule has 0 fully saturated rings. The quantitative estimate of drug-likeness (QED) is 0.145. The molecule has 0 radical (unpaired) electrons. The normalized spacial score (nSPS) is 14.2. The van der Waals surface area contributed by atoms with Crippen LogP contribution in [0, 0.1) is 28.6 Å². The van der Waals surface area contributed by atoms with Crippen LogP contribution in [0.25, 0.3) is 61.3 Å². The molecule has 1 unspecified atom stereocenters. The van der Waals surface area contributed by atoms with Crippen LogP contribution in [0.3, 0.4) is 0 Å². The Bertz CT molecular complexity index is 3760. The second-order valence-electron chi connectivity index (χ2n) is 18.0. The van der Waals surface area contributed by atoms with Crippen molar-refractivity contribution in [1.29, 1.82) is 10.5 Å². The van der Waals surface area contributed by atoms with Crippen LogP contribution in [0.15, 0.2) is 224 Å². The smallest absolute Gasteiger partial charge is 0.0991 e. The minimum absolute atomic E-state index is 0.459. The minimum atomic E-state index is 0.459. The highest BCUT2D eigenvalue weighted by molar-refractivity contribution is 6.10. The molecular weight excluding hydrogens is 841 g/mol. The third kappa shape index (κ3) is 7.37. The van der Waals surface area contributed by atoms with Gasteiger partial charge >= 0.3 is 0 Å². The van der Waals surface area contributed by atoms with E-state index in [1.165, 1.54) is 38.6 Å². The molecule has 0 amide bonds. The maximum atomic E-state index is 9.74. The fraction of sp³-hybridized carbons (Fsp3) is 0.0794. The van der Waals surface area contributed by atoms with Crippen molar-refractivity contribution in [3.8, 4) is 34.6 Å². The van der Waals surface area contributed by atoms with Gasteiger partial charge in [-0.3, -0.25) is 0 Å². The number of fused-ring (bicyclic) bond motifs is 6. The van der Waals surface area contributed by atoms with Gasteiger partial charge in [0.1, 0.15) is 0 Å². The van der Waals surface area contributed by atoms with Crippen molar-refractivity contribution in [2.75, 3.05) is 9.80 Å². The summed E-state index contributed by atoms with van der Waals surface area (Å²) in [6.07, 6.45) is 11.2. The number of nitriles is 2. The molecule has 0 N–H and O–H groups in total. The second-order valence-corrected chi connectivity index (χ2v) is 18.0. The number of para-hydroxylation sites is 3. The van der Waals surface area contributed by atoms with Gasteiger partial charge in [0.25, 0.3) is 0 Å². The number of anilines is 5. The third-order valence-electron chi connectivity index (χ3n) is 13.8. The van der Waals surface area contributed by atoms with Gasteiger partial charge in [-0.1, -0.05) is 97.9 Å². The Morgan fingerprint density at radius 2 is 1.01 bits per heavy atom. The van der Waals surface area contributed by atoms with Gasteiger partial charge in [0, 0.05) is 78.5 Å². The van der Waals surface area contributed by atoms with Gasteiger partial charge in [-0.25, -0.2) is 0 Å². The Hall–Kier alpha value is -9.10. The van der Waals surface area contributed by atoms with Crippen molar-refractivity contribution < 1.29 is 0 Å². The maximum absolute atomic E-state index is 9.74. The standard InChI is InChI=1S/C63H46N6/c1-43-16-35-57-59-40-55(34-37-62(59)69(63(57)38-43)49-12-6-3-7-13-49)67(51-27-19-45(42-65)20-28-51)53-31-23-47(24-32-53)46-21-29-52(30-22-46)66(50-25-17-44(41-64)18-26-50)54-33-36-61-58(39-54)56-14-8-9-15-60(56)68(61)48-10-4-2-5-11-48/h2-19,21-27,29-37,39-40,43H,20,28,38H2,1H3. The first-order valence-corrected chi connectivity index (χ1v) is 23.6. The largest absolute Gasteiger partial charge is 0.314 e. The topological polar surface area (TPSA) is 63.9 Å². The highest BCUT2D eigenvalue weighted by Gasteiger charge is 2.25. The summed E-state index contributed by atoms with van der Waals surface area (Å²) in [4.78, 5) is 4.63. The number of hydrogen-bond donors (Lipinski definition) is 0. The van der Waals surface area contributed by atoms with E-state index in [2.05, 4.69) is 226 Å². The van der Waals surface area contributed by atoms with E-state index in [0.29, 0.717) is 17.9 Å². The lowest BCUT2D eigenvalue weighted by Gasteiger charge is -2.29. The molecule has 8 aromatic carbocycles. The van der Waals surface area contributed by atoms with E-state index < -0.39 is 0 Å². The second kappa shape index (κ2) is 17.3. The predicted molar refractivity (Wildman–Crippen MR) is 284 cm³/mol. The van der Waals surface area contributed by atoms with E-state index in [-0.39, 0.29) is 0 Å². The molecule has 0 saturated heterocycles. The van der Waals surface area contributed by atoms with E-state index in [9.17, 15) is 10.5 Å². The average Bonchev–Trinajstić information content (AvgIpc) is 3.92. The third-order valence-corrected chi connectivity index (χ3v) is 13.8. The molecule has 2 aliphatic carbocycles. The molecule has 0 aliphatic heterocycles. The summed E-state index contributed by atoms with van der Waals surface area (Å²) in [6, 6.07) is 73.5. The maximum Gasteiger partial charge on any atom is 0.0991 e. The minimum Gasteiger partial charge on any atom is -0.314 e. The molecule has 10 aromatic rings. The first kappa shape index (κ1) is 41.3. The van der Waals surface area contributed by atoms with Crippen molar-refractivity contribution in [1.82, 2.24) is 9.13 Å². The van der Waals surface area contributed by atoms with Crippen molar-refractivity contribution in [3.05, 3.63) is 240 Å². The molecule has 0 spiro atoms. The van der Waals surface area contributed by atoms with Gasteiger partial charge in [-0.15, -0.1) is 0 Å². The molecule has 0 bridgehead atoms. The van der Waals surface area contributed by atoms with Crippen LogP contribution in [0.2, 0.25) is 0 Å². The molecule has 2 aliphatic rings. The first-order valence-electron chi connectivity index (χ1n) is 23.6. The number of allylic oxidation sites excluding steroid dienone is 5. The zero-order valence-corrected chi connectivity index (χ0v) is 38.2. The van der Waals surface area contributed by atoms with E-state index in [1.54, 1.807) is 0 Å². The highest BCUT2D eigenvalue weighted by atomic mass is 15.2. The monoisotopic (exact) mass is 886 g/mol. The Kier molecular flexibility index (Phi) is 10.4. The molecule has 2 aromatic heterocycles. The SMILES string of the molecule is CC1C=Cc2c(n(-c3ccccc3)c3ccc(N(C4=CC=C(C#N)CC4)c4ccc(-c5ccc(N(c6ccc(C#N)cc6)c6ccc7c(c6)c6ccccc6n7-c6ccccc6)cc5)cc4)cc23)C1. The van der Waals surface area contributed by atoms with Gasteiger partial charge in [-0.2, -0.15) is 10.5 Å². The lowest BCUT2D eigenvalue weighted by Crippen LogP contribution is -2.18. The fourth-order valence-electron chi connectivity index (χ4n) is 10.5. The van der Waals surface area contributed by atoms with E-state index in [1.807, 2.05) is 30.3 Å². The molecular formula is C63H46N6. The van der Waals surface area contributed by atoms with Crippen LogP contribution in [0.4, 0.5) is 28.4 Å². The zero-order chi connectivity index (χ0) is 46.4. The summed E-state index contributed by atoms with van der Waals surface area (Å²) >= 11 is 0. The fourth-order valence-corrected chi connectivity index (χ4v) is 10.5. The molecule has 69 heavy (non-hydrogen) atoms. The van der Waals surface area contributed by atoms with Crippen molar-refractivity contribution >= 4 is 67.2 Å². The predicted octanol–water partition coefficient (Wildman–Crippen LogP) is 16.2. The number of hydrogen-bond acceptors (Lipinski definition) is 4. The molecule has 1 atom stereocenters. The van der Waals surface area contributed by atoms with Gasteiger partial charge in [0.2, 0.25) is 0 Å². The van der Waals surface area contributed by atoms with Crippen LogP contribution >= 0.6 is 0 Å². The Morgan fingerprint density at radius 1 is 0.478 bits per heavy atom. The molecule has 12 rings (SSSR count). The van der Waals surface area contributed by atoms with E-state index in [4.69, 9.17) is 0 Å². The van der Waals surface area contributed by atoms with Crippen molar-refractivity contribution in [2.24, 2.45) is 5.92 Å². The Labute approximate surface area is 402 Å². The van der Waals surface area contributed by atoms with Gasteiger partial charge < -0.3 is 18.9 Å².